The van der Waals surface area contributed by atoms with Crippen molar-refractivity contribution in [2.45, 2.75) is 0 Å². The molecule has 0 radical (unpaired) electrons. The fourth-order valence-electron chi connectivity index (χ4n) is 0.699. The molecular weight excluding hydrogens is 218 g/mol. The van der Waals surface area contributed by atoms with Crippen LogP contribution in [0.2, 0.25) is 0 Å². The first-order valence-corrected chi connectivity index (χ1v) is 5.36. The number of hydrogen-bond donors (Lipinski definition) is 1. The van der Waals surface area contributed by atoms with Gasteiger partial charge in [-0.15, -0.1) is 0 Å². The number of rotatable bonds is 2. The maximum atomic E-state index is 5.63. The summed E-state index contributed by atoms with van der Waals surface area (Å²) >= 11 is 6.09. The van der Waals surface area contributed by atoms with Crippen LogP contribution < -0.4 is 5.73 Å². The highest BCUT2D eigenvalue weighted by Gasteiger charge is 1.98. The van der Waals surface area contributed by atoms with Crippen molar-refractivity contribution in [1.29, 1.82) is 0 Å². The number of thioether (sulfide) groups is 1. The third kappa shape index (κ3) is 3.31. The van der Waals surface area contributed by atoms with E-state index in [9.17, 15) is 0 Å². The molecule has 1 aromatic heterocycles. The van der Waals surface area contributed by atoms with Crippen molar-refractivity contribution < 1.29 is 4.84 Å². The van der Waals surface area contributed by atoms with E-state index in [1.807, 2.05) is 0 Å². The van der Waals surface area contributed by atoms with Crippen molar-refractivity contribution in [3.8, 4) is 0 Å². The third-order valence-corrected chi connectivity index (χ3v) is 2.34. The Hall–Kier alpha value is -1.14. The SMILES string of the molecule is CSC(=S)O/N=C(\N)c1ccncc1. The summed E-state index contributed by atoms with van der Waals surface area (Å²) in [6.07, 6.45) is 5.07. The summed E-state index contributed by atoms with van der Waals surface area (Å²) in [7, 11) is 0. The average molecular weight is 227 g/mol. The van der Waals surface area contributed by atoms with Crippen LogP contribution in [-0.4, -0.2) is 21.5 Å². The zero-order valence-electron chi connectivity index (χ0n) is 7.51. The van der Waals surface area contributed by atoms with Crippen LogP contribution in [0.1, 0.15) is 5.56 Å². The van der Waals surface area contributed by atoms with Crippen LogP contribution in [0.25, 0.3) is 0 Å². The van der Waals surface area contributed by atoms with Gasteiger partial charge in [-0.25, -0.2) is 0 Å². The zero-order chi connectivity index (χ0) is 10.4. The molecule has 0 saturated heterocycles. The normalized spacial score (nSPS) is 11.1. The molecule has 0 saturated carbocycles. The molecule has 1 rings (SSSR count). The van der Waals surface area contributed by atoms with Crippen LogP contribution in [0.3, 0.4) is 0 Å². The highest BCUT2D eigenvalue weighted by molar-refractivity contribution is 8.22. The van der Waals surface area contributed by atoms with Crippen molar-refractivity contribution in [3.05, 3.63) is 30.1 Å². The summed E-state index contributed by atoms with van der Waals surface area (Å²) in [4.78, 5) is 8.70. The van der Waals surface area contributed by atoms with Crippen molar-refractivity contribution in [1.82, 2.24) is 4.98 Å². The molecule has 0 fully saturated rings. The lowest BCUT2D eigenvalue weighted by atomic mass is 10.2. The third-order valence-electron chi connectivity index (χ3n) is 1.36. The van der Waals surface area contributed by atoms with Gasteiger partial charge in [-0.2, -0.15) is 0 Å². The van der Waals surface area contributed by atoms with Gasteiger partial charge in [0.2, 0.25) is 0 Å². The summed E-state index contributed by atoms with van der Waals surface area (Å²) in [5.41, 5.74) is 6.38. The second kappa shape index (κ2) is 5.56. The number of aromatic nitrogens is 1. The maximum Gasteiger partial charge on any atom is 0.255 e. The highest BCUT2D eigenvalue weighted by atomic mass is 32.2. The van der Waals surface area contributed by atoms with Gasteiger partial charge in [0, 0.05) is 18.0 Å². The molecule has 14 heavy (non-hydrogen) atoms. The van der Waals surface area contributed by atoms with Gasteiger partial charge in [-0.3, -0.25) is 4.98 Å². The van der Waals surface area contributed by atoms with Crippen molar-refractivity contribution in [3.63, 3.8) is 0 Å². The largest absolute Gasteiger partial charge is 0.380 e. The summed E-state index contributed by atoms with van der Waals surface area (Å²) in [5.74, 6) is 0.281. The number of pyridine rings is 1. The van der Waals surface area contributed by atoms with Crippen LogP contribution in [0.15, 0.2) is 29.7 Å². The maximum absolute atomic E-state index is 5.63. The molecule has 4 nitrogen and oxygen atoms in total. The van der Waals surface area contributed by atoms with Crippen LogP contribution in [-0.2, 0) is 4.84 Å². The molecule has 0 aliphatic heterocycles. The van der Waals surface area contributed by atoms with Crippen LogP contribution in [0.5, 0.6) is 0 Å². The Bertz CT molecular complexity index is 340. The fraction of sp³-hybridized carbons (Fsp3) is 0.125. The first-order chi connectivity index (χ1) is 6.74. The van der Waals surface area contributed by atoms with Crippen LogP contribution in [0.4, 0.5) is 0 Å². The van der Waals surface area contributed by atoms with E-state index >= 15 is 0 Å². The number of hydrogen-bond acceptors (Lipinski definition) is 5. The predicted molar refractivity (Wildman–Crippen MR) is 62.2 cm³/mol. The van der Waals surface area contributed by atoms with Gasteiger partial charge in [-0.1, -0.05) is 16.9 Å². The molecule has 0 amide bonds. The molecule has 74 valence electrons. The van der Waals surface area contributed by atoms with E-state index in [0.29, 0.717) is 4.38 Å². The molecule has 0 atom stereocenters. The monoisotopic (exact) mass is 227 g/mol. The molecule has 0 aromatic carbocycles. The Labute approximate surface area is 91.5 Å². The lowest BCUT2D eigenvalue weighted by molar-refractivity contribution is 0.347. The topological polar surface area (TPSA) is 60.5 Å². The second-order valence-electron chi connectivity index (χ2n) is 2.26. The molecule has 0 aliphatic rings. The fourth-order valence-corrected chi connectivity index (χ4v) is 0.848. The Kier molecular flexibility index (Phi) is 4.34. The molecule has 0 spiro atoms. The highest BCUT2D eigenvalue weighted by Crippen LogP contribution is 2.01. The number of thiocarbonyl (C=S) groups is 1. The lowest BCUT2D eigenvalue weighted by Crippen LogP contribution is -2.14. The number of nitrogens with two attached hydrogens (primary N) is 1. The molecule has 6 heteroatoms. The van der Waals surface area contributed by atoms with Gasteiger partial charge >= 0.3 is 0 Å². The minimum atomic E-state index is 0.281. The van der Waals surface area contributed by atoms with Crippen LogP contribution in [0, 0.1) is 0 Å². The molecular formula is C8H9N3OS2. The Morgan fingerprint density at radius 3 is 2.79 bits per heavy atom. The van der Waals surface area contributed by atoms with Gasteiger partial charge < -0.3 is 10.6 Å². The molecule has 0 bridgehead atoms. The summed E-state index contributed by atoms with van der Waals surface area (Å²) in [6.45, 7) is 0. The van der Waals surface area contributed by atoms with E-state index in [1.54, 1.807) is 30.8 Å². The summed E-state index contributed by atoms with van der Waals surface area (Å²) in [5, 5.41) is 3.67. The van der Waals surface area contributed by atoms with Gasteiger partial charge in [-0.05, 0) is 30.6 Å². The Balaban J connectivity index is 2.66. The quantitative estimate of drug-likeness (QED) is 0.358. The molecule has 0 unspecified atom stereocenters. The minimum absolute atomic E-state index is 0.281. The van der Waals surface area contributed by atoms with E-state index in [1.165, 1.54) is 11.8 Å². The van der Waals surface area contributed by atoms with Gasteiger partial charge in [0.05, 0.1) is 0 Å². The van der Waals surface area contributed by atoms with E-state index in [0.717, 1.165) is 5.56 Å². The number of amidine groups is 1. The first kappa shape index (κ1) is 10.9. The zero-order valence-corrected chi connectivity index (χ0v) is 9.14. The van der Waals surface area contributed by atoms with Gasteiger partial charge in [0.15, 0.2) is 5.84 Å². The standard InChI is InChI=1S/C8H9N3OS2/c1-14-8(13)12-11-7(9)6-2-4-10-5-3-6/h2-5H,1H3,(H2,9,11). The minimum Gasteiger partial charge on any atom is -0.380 e. The van der Waals surface area contributed by atoms with Gasteiger partial charge in [0.1, 0.15) is 0 Å². The summed E-state index contributed by atoms with van der Waals surface area (Å²) < 4.78 is 0.335. The van der Waals surface area contributed by atoms with Crippen molar-refractivity contribution in [2.24, 2.45) is 10.9 Å². The Morgan fingerprint density at radius 1 is 1.57 bits per heavy atom. The molecule has 2 N–H and O–H groups in total. The molecule has 0 aliphatic carbocycles. The predicted octanol–water partition coefficient (Wildman–Crippen LogP) is 1.37. The molecule has 1 aromatic rings. The van der Waals surface area contributed by atoms with Gasteiger partial charge in [0.25, 0.3) is 4.38 Å². The molecule has 1 heterocycles. The van der Waals surface area contributed by atoms with Crippen molar-refractivity contribution in [2.75, 3.05) is 6.26 Å². The van der Waals surface area contributed by atoms with E-state index < -0.39 is 0 Å². The van der Waals surface area contributed by atoms with E-state index in [4.69, 9.17) is 22.8 Å². The summed E-state index contributed by atoms with van der Waals surface area (Å²) in [6, 6.07) is 3.48. The number of oxime groups is 1. The smallest absolute Gasteiger partial charge is 0.255 e. The Morgan fingerprint density at radius 2 is 2.21 bits per heavy atom. The van der Waals surface area contributed by atoms with E-state index in [-0.39, 0.29) is 5.84 Å². The average Bonchev–Trinajstić information content (AvgIpc) is 2.26. The lowest BCUT2D eigenvalue weighted by Gasteiger charge is -1.99. The number of nitrogens with zero attached hydrogens (tertiary/aromatic N) is 2. The van der Waals surface area contributed by atoms with E-state index in [2.05, 4.69) is 10.1 Å². The van der Waals surface area contributed by atoms with Crippen LogP contribution >= 0.6 is 24.0 Å². The van der Waals surface area contributed by atoms with Crippen molar-refractivity contribution >= 4 is 34.2 Å². The second-order valence-corrected chi connectivity index (χ2v) is 3.67. The first-order valence-electron chi connectivity index (χ1n) is 3.73.